The number of benzene rings is 3. The van der Waals surface area contributed by atoms with Crippen molar-refractivity contribution in [2.24, 2.45) is 5.73 Å². The minimum Gasteiger partial charge on any atom is -0.326 e. The lowest BCUT2D eigenvalue weighted by Gasteiger charge is -2.12. The molecule has 3 rings (SSSR count). The van der Waals surface area contributed by atoms with Crippen LogP contribution in [0, 0.1) is 0 Å². The number of nitrogens with two attached hydrogens (primary N) is 1. The van der Waals surface area contributed by atoms with Crippen molar-refractivity contribution in [3.8, 4) is 0 Å². The molecule has 0 radical (unpaired) electrons. The maximum absolute atomic E-state index is 5.92. The summed E-state index contributed by atoms with van der Waals surface area (Å²) < 4.78 is 1.15. The summed E-state index contributed by atoms with van der Waals surface area (Å²) in [5.74, 6) is 0. The zero-order valence-corrected chi connectivity index (χ0v) is 10.9. The minimum atomic E-state index is 0.564. The highest BCUT2D eigenvalue weighted by Crippen LogP contribution is 2.35. The molecule has 84 valence electrons. The van der Waals surface area contributed by atoms with Gasteiger partial charge in [-0.05, 0) is 43.0 Å². The van der Waals surface area contributed by atoms with E-state index in [2.05, 4.69) is 64.5 Å². The van der Waals surface area contributed by atoms with Gasteiger partial charge in [0.2, 0.25) is 0 Å². The lowest BCUT2D eigenvalue weighted by atomic mass is 9.97. The third kappa shape index (κ3) is 1.56. The van der Waals surface area contributed by atoms with Crippen molar-refractivity contribution >= 4 is 37.5 Å². The van der Waals surface area contributed by atoms with Crippen molar-refractivity contribution < 1.29 is 0 Å². The Morgan fingerprint density at radius 1 is 0.765 bits per heavy atom. The van der Waals surface area contributed by atoms with Gasteiger partial charge in [-0.2, -0.15) is 0 Å². The van der Waals surface area contributed by atoms with Gasteiger partial charge in [-0.25, -0.2) is 0 Å². The Morgan fingerprint density at radius 3 is 1.59 bits per heavy atom. The molecule has 0 heterocycles. The fraction of sp³-hybridized carbons (Fsp3) is 0.0667. The molecule has 0 saturated carbocycles. The lowest BCUT2D eigenvalue weighted by molar-refractivity contribution is 1.10. The predicted octanol–water partition coefficient (Wildman–Crippen LogP) is 4.21. The van der Waals surface area contributed by atoms with Crippen LogP contribution in [-0.4, -0.2) is 0 Å². The second-order valence-corrected chi connectivity index (χ2v) is 4.88. The summed E-state index contributed by atoms with van der Waals surface area (Å²) >= 11 is 3.70. The van der Waals surface area contributed by atoms with E-state index in [4.69, 9.17) is 5.73 Å². The molecule has 3 aromatic rings. The summed E-state index contributed by atoms with van der Waals surface area (Å²) in [6, 6.07) is 16.8. The normalized spacial score (nSPS) is 11.2. The van der Waals surface area contributed by atoms with E-state index in [1.807, 2.05) is 0 Å². The number of hydrogen-bond donors (Lipinski definition) is 1. The van der Waals surface area contributed by atoms with Crippen LogP contribution in [0.15, 0.2) is 53.0 Å². The second kappa shape index (κ2) is 4.13. The molecule has 0 aliphatic heterocycles. The Balaban J connectivity index is 2.63. The molecule has 0 amide bonds. The Bertz CT molecular complexity index is 647. The van der Waals surface area contributed by atoms with Gasteiger partial charge in [-0.15, -0.1) is 0 Å². The summed E-state index contributed by atoms with van der Waals surface area (Å²) in [7, 11) is 0. The molecular formula is C15H12BrN. The fourth-order valence-electron chi connectivity index (χ4n) is 2.39. The van der Waals surface area contributed by atoms with E-state index < -0.39 is 0 Å². The molecule has 17 heavy (non-hydrogen) atoms. The first-order valence-corrected chi connectivity index (χ1v) is 6.40. The molecule has 0 unspecified atom stereocenters. The molecule has 2 N–H and O–H groups in total. The van der Waals surface area contributed by atoms with Gasteiger partial charge in [0, 0.05) is 11.0 Å². The van der Waals surface area contributed by atoms with Gasteiger partial charge in [0.05, 0.1) is 0 Å². The molecule has 0 bridgehead atoms. The summed E-state index contributed by atoms with van der Waals surface area (Å²) in [6.07, 6.45) is 0. The number of fused-ring (bicyclic) bond motifs is 2. The van der Waals surface area contributed by atoms with E-state index in [0.29, 0.717) is 6.54 Å². The van der Waals surface area contributed by atoms with Crippen LogP contribution in [0.3, 0.4) is 0 Å². The van der Waals surface area contributed by atoms with E-state index in [1.165, 1.54) is 27.1 Å². The van der Waals surface area contributed by atoms with Crippen LogP contribution in [0.1, 0.15) is 5.56 Å². The van der Waals surface area contributed by atoms with Crippen LogP contribution in [0.25, 0.3) is 21.5 Å². The van der Waals surface area contributed by atoms with E-state index >= 15 is 0 Å². The highest BCUT2D eigenvalue weighted by atomic mass is 79.9. The third-order valence-corrected chi connectivity index (χ3v) is 4.04. The molecule has 0 aromatic heterocycles. The van der Waals surface area contributed by atoms with Crippen LogP contribution in [-0.2, 0) is 6.54 Å². The van der Waals surface area contributed by atoms with E-state index in [-0.39, 0.29) is 0 Å². The SMILES string of the molecule is NCc1c2ccccc2c(Br)c2ccccc12. The zero-order chi connectivity index (χ0) is 11.8. The maximum Gasteiger partial charge on any atom is 0.0332 e. The smallest absolute Gasteiger partial charge is 0.0332 e. The van der Waals surface area contributed by atoms with E-state index in [0.717, 1.165) is 4.47 Å². The first kappa shape index (κ1) is 10.8. The minimum absolute atomic E-state index is 0.564. The van der Waals surface area contributed by atoms with Crippen molar-refractivity contribution in [1.29, 1.82) is 0 Å². The highest BCUT2D eigenvalue weighted by molar-refractivity contribution is 9.10. The molecular weight excluding hydrogens is 274 g/mol. The first-order chi connectivity index (χ1) is 8.33. The molecule has 0 saturated heterocycles. The highest BCUT2D eigenvalue weighted by Gasteiger charge is 2.09. The molecule has 1 nitrogen and oxygen atoms in total. The largest absolute Gasteiger partial charge is 0.326 e. The first-order valence-electron chi connectivity index (χ1n) is 5.61. The van der Waals surface area contributed by atoms with Gasteiger partial charge in [0.1, 0.15) is 0 Å². The monoisotopic (exact) mass is 285 g/mol. The average molecular weight is 286 g/mol. The Kier molecular flexibility index (Phi) is 2.61. The van der Waals surface area contributed by atoms with Crippen molar-refractivity contribution in [3.05, 3.63) is 58.6 Å². The molecule has 2 heteroatoms. The van der Waals surface area contributed by atoms with Crippen molar-refractivity contribution in [3.63, 3.8) is 0 Å². The summed E-state index contributed by atoms with van der Waals surface area (Å²) in [4.78, 5) is 0. The van der Waals surface area contributed by atoms with Crippen LogP contribution in [0.5, 0.6) is 0 Å². The third-order valence-electron chi connectivity index (χ3n) is 3.18. The van der Waals surface area contributed by atoms with Crippen LogP contribution in [0.4, 0.5) is 0 Å². The standard InChI is InChI=1S/C15H12BrN/c16-15-12-7-3-1-5-10(12)14(9-17)11-6-2-4-8-13(11)15/h1-8H,9,17H2. The van der Waals surface area contributed by atoms with Crippen LogP contribution in [0.2, 0.25) is 0 Å². The summed E-state index contributed by atoms with van der Waals surface area (Å²) in [5.41, 5.74) is 7.14. The molecule has 0 atom stereocenters. The number of rotatable bonds is 1. The number of hydrogen-bond acceptors (Lipinski definition) is 1. The van der Waals surface area contributed by atoms with Gasteiger partial charge in [0.25, 0.3) is 0 Å². The van der Waals surface area contributed by atoms with Crippen LogP contribution < -0.4 is 5.73 Å². The Hall–Kier alpha value is -1.38. The molecule has 3 aromatic carbocycles. The molecule has 0 spiro atoms. The zero-order valence-electron chi connectivity index (χ0n) is 9.28. The molecule has 0 aliphatic carbocycles. The topological polar surface area (TPSA) is 26.0 Å². The van der Waals surface area contributed by atoms with Gasteiger partial charge >= 0.3 is 0 Å². The predicted molar refractivity (Wildman–Crippen MR) is 77.0 cm³/mol. The summed E-state index contributed by atoms with van der Waals surface area (Å²) in [5, 5.41) is 4.93. The lowest BCUT2D eigenvalue weighted by Crippen LogP contribution is -1.99. The Labute approximate surface area is 108 Å². The van der Waals surface area contributed by atoms with E-state index in [1.54, 1.807) is 0 Å². The Morgan fingerprint density at radius 2 is 1.18 bits per heavy atom. The fourth-order valence-corrected chi connectivity index (χ4v) is 3.08. The van der Waals surface area contributed by atoms with Gasteiger partial charge in [-0.1, -0.05) is 48.5 Å². The van der Waals surface area contributed by atoms with Crippen molar-refractivity contribution in [2.75, 3.05) is 0 Å². The van der Waals surface area contributed by atoms with Crippen molar-refractivity contribution in [1.82, 2.24) is 0 Å². The average Bonchev–Trinajstić information content (AvgIpc) is 2.40. The molecule has 0 fully saturated rings. The quantitative estimate of drug-likeness (QED) is 0.666. The van der Waals surface area contributed by atoms with Gasteiger partial charge < -0.3 is 5.73 Å². The second-order valence-electron chi connectivity index (χ2n) is 4.09. The van der Waals surface area contributed by atoms with Crippen LogP contribution >= 0.6 is 15.9 Å². The van der Waals surface area contributed by atoms with E-state index in [9.17, 15) is 0 Å². The maximum atomic E-state index is 5.92. The summed E-state index contributed by atoms with van der Waals surface area (Å²) in [6.45, 7) is 0.564. The number of halogens is 1. The van der Waals surface area contributed by atoms with Crippen molar-refractivity contribution in [2.45, 2.75) is 6.54 Å². The van der Waals surface area contributed by atoms with Gasteiger partial charge in [-0.3, -0.25) is 0 Å². The molecule has 0 aliphatic rings. The van der Waals surface area contributed by atoms with Gasteiger partial charge in [0.15, 0.2) is 0 Å².